The molecule has 1 saturated heterocycles. The van der Waals surface area contributed by atoms with E-state index in [4.69, 9.17) is 0 Å². The number of pyridine rings is 1. The molecule has 156 valence electrons. The molecular weight excluding hydrogens is 395 g/mol. The Morgan fingerprint density at radius 2 is 1.76 bits per heavy atom. The summed E-state index contributed by atoms with van der Waals surface area (Å²) in [4.78, 5) is 9.53. The molecular formula is C22H26F3N3S. The monoisotopic (exact) mass is 421 g/mol. The Balaban J connectivity index is 1.47. The third-order valence-electron chi connectivity index (χ3n) is 5.73. The van der Waals surface area contributed by atoms with Crippen LogP contribution in [0.5, 0.6) is 0 Å². The fraction of sp³-hybridized carbons (Fsp3) is 0.500. The van der Waals surface area contributed by atoms with Gasteiger partial charge in [-0.2, -0.15) is 13.2 Å². The Morgan fingerprint density at radius 1 is 1.07 bits per heavy atom. The topological polar surface area (TPSA) is 19.4 Å². The van der Waals surface area contributed by atoms with Crippen molar-refractivity contribution in [2.75, 3.05) is 18.1 Å². The summed E-state index contributed by atoms with van der Waals surface area (Å²) < 4.78 is 37.7. The van der Waals surface area contributed by atoms with E-state index in [1.807, 2.05) is 6.20 Å². The maximum atomic E-state index is 12.6. The number of thioether (sulfide) groups is 1. The number of benzene rings is 1. The third kappa shape index (κ3) is 4.72. The van der Waals surface area contributed by atoms with Crippen molar-refractivity contribution in [3.8, 4) is 0 Å². The molecule has 0 unspecified atom stereocenters. The van der Waals surface area contributed by atoms with Crippen LogP contribution in [-0.2, 0) is 12.0 Å². The van der Waals surface area contributed by atoms with Crippen LogP contribution in [0.25, 0.3) is 0 Å². The SMILES string of the molecule is CC(C)(C)c1cc(CN2CN(c3ccc(SC(F)(F)F)cc3)CC23CC3)ccn1. The van der Waals surface area contributed by atoms with E-state index in [0.717, 1.165) is 31.1 Å². The fourth-order valence-corrected chi connectivity index (χ4v) is 4.47. The molecule has 1 spiro atoms. The van der Waals surface area contributed by atoms with Crippen LogP contribution in [0.2, 0.25) is 0 Å². The number of hydrogen-bond acceptors (Lipinski definition) is 4. The Labute approximate surface area is 174 Å². The predicted octanol–water partition coefficient (Wildman–Crippen LogP) is 5.80. The minimum atomic E-state index is -4.25. The van der Waals surface area contributed by atoms with Crippen molar-refractivity contribution >= 4 is 17.4 Å². The number of alkyl halides is 3. The summed E-state index contributed by atoms with van der Waals surface area (Å²) in [5.74, 6) is 0. The molecule has 1 aromatic carbocycles. The molecule has 1 aliphatic heterocycles. The van der Waals surface area contributed by atoms with E-state index in [0.29, 0.717) is 0 Å². The summed E-state index contributed by atoms with van der Waals surface area (Å²) >= 11 is -0.0652. The van der Waals surface area contributed by atoms with E-state index in [1.54, 1.807) is 24.3 Å². The molecule has 0 bridgehead atoms. The molecule has 2 heterocycles. The quantitative estimate of drug-likeness (QED) is 0.581. The average Bonchev–Trinajstić information content (AvgIpc) is 3.31. The van der Waals surface area contributed by atoms with E-state index in [2.05, 4.69) is 47.7 Å². The van der Waals surface area contributed by atoms with E-state index in [9.17, 15) is 13.2 Å². The van der Waals surface area contributed by atoms with Gasteiger partial charge in [0.2, 0.25) is 0 Å². The summed E-state index contributed by atoms with van der Waals surface area (Å²) in [6.07, 6.45) is 4.23. The Bertz CT molecular complexity index is 870. The van der Waals surface area contributed by atoms with Crippen LogP contribution in [0, 0.1) is 0 Å². The van der Waals surface area contributed by atoms with Gasteiger partial charge in [0.15, 0.2) is 0 Å². The predicted molar refractivity (Wildman–Crippen MR) is 111 cm³/mol. The minimum Gasteiger partial charge on any atom is -0.357 e. The molecule has 1 saturated carbocycles. The van der Waals surface area contributed by atoms with Crippen LogP contribution in [0.1, 0.15) is 44.9 Å². The van der Waals surface area contributed by atoms with Crippen molar-refractivity contribution in [3.05, 3.63) is 53.9 Å². The van der Waals surface area contributed by atoms with Crippen molar-refractivity contribution in [1.82, 2.24) is 9.88 Å². The maximum absolute atomic E-state index is 12.6. The maximum Gasteiger partial charge on any atom is 0.446 e. The van der Waals surface area contributed by atoms with Crippen molar-refractivity contribution in [2.24, 2.45) is 0 Å². The molecule has 2 aromatic rings. The second-order valence-corrected chi connectivity index (χ2v) is 10.2. The lowest BCUT2D eigenvalue weighted by atomic mass is 9.91. The summed E-state index contributed by atoms with van der Waals surface area (Å²) in [5, 5.41) is 0. The van der Waals surface area contributed by atoms with Gasteiger partial charge < -0.3 is 4.90 Å². The molecule has 2 fully saturated rings. The van der Waals surface area contributed by atoms with Gasteiger partial charge in [0.25, 0.3) is 0 Å². The van der Waals surface area contributed by atoms with Gasteiger partial charge in [-0.3, -0.25) is 9.88 Å². The van der Waals surface area contributed by atoms with Crippen LogP contribution in [0.4, 0.5) is 18.9 Å². The van der Waals surface area contributed by atoms with Crippen molar-refractivity contribution in [3.63, 3.8) is 0 Å². The second-order valence-electron chi connectivity index (χ2n) is 9.10. The number of rotatable bonds is 4. The Hall–Kier alpha value is -1.73. The minimum absolute atomic E-state index is 0.0144. The van der Waals surface area contributed by atoms with Crippen molar-refractivity contribution < 1.29 is 13.2 Å². The molecule has 3 nitrogen and oxygen atoms in total. The first-order chi connectivity index (χ1) is 13.5. The van der Waals surface area contributed by atoms with Gasteiger partial charge in [-0.25, -0.2) is 0 Å². The van der Waals surface area contributed by atoms with Gasteiger partial charge in [-0.1, -0.05) is 20.8 Å². The van der Waals surface area contributed by atoms with Crippen LogP contribution in [0.3, 0.4) is 0 Å². The molecule has 1 aromatic heterocycles. The lowest BCUT2D eigenvalue weighted by Gasteiger charge is -2.24. The van der Waals surface area contributed by atoms with Gasteiger partial charge in [0, 0.05) is 46.5 Å². The summed E-state index contributed by atoms with van der Waals surface area (Å²) in [7, 11) is 0. The van der Waals surface area contributed by atoms with Crippen molar-refractivity contribution in [1.29, 1.82) is 0 Å². The standard InChI is InChI=1S/C22H26F3N3S/c1-20(2,3)19-12-16(8-11-26-19)13-28-15-27(14-21(28)9-10-21)17-4-6-18(7-5-17)29-22(23,24)25/h4-8,11-12H,9-10,13-15H2,1-3H3. The number of halogens is 3. The molecule has 4 rings (SSSR count). The second kappa shape index (κ2) is 7.20. The van der Waals surface area contributed by atoms with Crippen LogP contribution in [0.15, 0.2) is 47.5 Å². The van der Waals surface area contributed by atoms with Crippen LogP contribution in [-0.4, -0.2) is 34.1 Å². The highest BCUT2D eigenvalue weighted by atomic mass is 32.2. The molecule has 0 radical (unpaired) electrons. The van der Waals surface area contributed by atoms with E-state index >= 15 is 0 Å². The van der Waals surface area contributed by atoms with Crippen LogP contribution < -0.4 is 4.90 Å². The Kier molecular flexibility index (Phi) is 5.10. The third-order valence-corrected chi connectivity index (χ3v) is 6.47. The molecule has 0 amide bonds. The summed E-state index contributed by atoms with van der Waals surface area (Å²) in [6, 6.07) is 11.0. The van der Waals surface area contributed by atoms with Gasteiger partial charge in [-0.15, -0.1) is 0 Å². The first-order valence-electron chi connectivity index (χ1n) is 9.85. The average molecular weight is 422 g/mol. The Morgan fingerprint density at radius 3 is 2.34 bits per heavy atom. The smallest absolute Gasteiger partial charge is 0.357 e. The fourth-order valence-electron chi connectivity index (χ4n) is 3.93. The first-order valence-corrected chi connectivity index (χ1v) is 10.7. The number of anilines is 1. The van der Waals surface area contributed by atoms with E-state index in [-0.39, 0.29) is 27.6 Å². The molecule has 0 N–H and O–H groups in total. The number of aromatic nitrogens is 1. The highest BCUT2D eigenvalue weighted by Gasteiger charge is 2.53. The van der Waals surface area contributed by atoms with Gasteiger partial charge >= 0.3 is 5.51 Å². The first kappa shape index (κ1) is 20.5. The molecule has 29 heavy (non-hydrogen) atoms. The molecule has 7 heteroatoms. The highest BCUT2D eigenvalue weighted by Crippen LogP contribution is 2.48. The molecule has 0 atom stereocenters. The lowest BCUT2D eigenvalue weighted by molar-refractivity contribution is -0.0328. The summed E-state index contributed by atoms with van der Waals surface area (Å²) in [6.45, 7) is 9.08. The van der Waals surface area contributed by atoms with Crippen LogP contribution >= 0.6 is 11.8 Å². The van der Waals surface area contributed by atoms with E-state index < -0.39 is 5.51 Å². The van der Waals surface area contributed by atoms with E-state index in [1.165, 1.54) is 18.4 Å². The zero-order valence-electron chi connectivity index (χ0n) is 17.0. The van der Waals surface area contributed by atoms with Gasteiger partial charge in [-0.05, 0) is 66.6 Å². The molecule has 1 aliphatic carbocycles. The highest BCUT2D eigenvalue weighted by molar-refractivity contribution is 8.00. The van der Waals surface area contributed by atoms with Gasteiger partial charge in [0.1, 0.15) is 0 Å². The molecule has 2 aliphatic rings. The summed E-state index contributed by atoms with van der Waals surface area (Å²) in [5.41, 5.74) is -0.704. The number of hydrogen-bond donors (Lipinski definition) is 0. The van der Waals surface area contributed by atoms with Crippen molar-refractivity contribution in [2.45, 2.75) is 61.5 Å². The zero-order valence-corrected chi connectivity index (χ0v) is 17.8. The lowest BCUT2D eigenvalue weighted by Crippen LogP contribution is -2.32. The number of nitrogens with zero attached hydrogens (tertiary/aromatic N) is 3. The largest absolute Gasteiger partial charge is 0.446 e. The zero-order chi connectivity index (χ0) is 20.9. The van der Waals surface area contributed by atoms with Gasteiger partial charge in [0.05, 0.1) is 6.67 Å². The normalized spacial score (nSPS) is 19.2.